The van der Waals surface area contributed by atoms with Crippen molar-refractivity contribution < 1.29 is 61.9 Å². The molecule has 0 aromatic carbocycles. The van der Waals surface area contributed by atoms with Crippen LogP contribution in [0.15, 0.2) is 0 Å². The van der Waals surface area contributed by atoms with Gasteiger partial charge in [0.15, 0.2) is 18.1 Å². The Kier molecular flexibility index (Phi) is 10.0. The molecule has 13 nitrogen and oxygen atoms in total. The first-order chi connectivity index (χ1) is 14.9. The van der Waals surface area contributed by atoms with Gasteiger partial charge in [-0.1, -0.05) is 0 Å². The summed E-state index contributed by atoms with van der Waals surface area (Å²) in [5, 5.41) is 0. The Bertz CT molecular complexity index is 730. The lowest BCUT2D eigenvalue weighted by molar-refractivity contribution is -0.291. The van der Waals surface area contributed by atoms with E-state index < -0.39 is 78.9 Å². The molecule has 32 heavy (non-hydrogen) atoms. The third kappa shape index (κ3) is 7.18. The Morgan fingerprint density at radius 1 is 0.719 bits per heavy atom. The molecule has 0 radical (unpaired) electrons. The van der Waals surface area contributed by atoms with Crippen LogP contribution >= 0.6 is 0 Å². The summed E-state index contributed by atoms with van der Waals surface area (Å²) >= 11 is 0. The molecule has 5 atom stereocenters. The molecule has 0 saturated carbocycles. The highest BCUT2D eigenvalue weighted by Crippen LogP contribution is 2.37. The molecule has 1 saturated heterocycles. The predicted molar refractivity (Wildman–Crippen MR) is 99.2 cm³/mol. The largest absolute Gasteiger partial charge is 0.468 e. The van der Waals surface area contributed by atoms with Gasteiger partial charge in [0.05, 0.1) is 20.1 Å². The van der Waals surface area contributed by atoms with Gasteiger partial charge in [-0.05, 0) is 0 Å². The zero-order chi connectivity index (χ0) is 24.6. The molecule has 0 N–H and O–H groups in total. The van der Waals surface area contributed by atoms with Crippen LogP contribution in [0.3, 0.4) is 0 Å². The number of hydrogen-bond acceptors (Lipinski definition) is 13. The first kappa shape index (κ1) is 26.8. The second-order valence-corrected chi connectivity index (χ2v) is 6.70. The van der Waals surface area contributed by atoms with Gasteiger partial charge < -0.3 is 33.2 Å². The second-order valence-electron chi connectivity index (χ2n) is 6.70. The van der Waals surface area contributed by atoms with Gasteiger partial charge in [0.25, 0.3) is 0 Å². The zero-order valence-electron chi connectivity index (χ0n) is 18.5. The lowest BCUT2D eigenvalue weighted by atomic mass is 9.80. The highest BCUT2D eigenvalue weighted by Gasteiger charge is 2.58. The third-order valence-electron chi connectivity index (χ3n) is 4.32. The molecule has 0 spiro atoms. The van der Waals surface area contributed by atoms with Crippen LogP contribution < -0.4 is 0 Å². The van der Waals surface area contributed by atoms with Gasteiger partial charge in [0.2, 0.25) is 6.29 Å². The summed E-state index contributed by atoms with van der Waals surface area (Å²) in [5.41, 5.74) is 0. The normalized spacial score (nSPS) is 24.7. The van der Waals surface area contributed by atoms with Gasteiger partial charge in [-0.2, -0.15) is 0 Å². The fourth-order valence-corrected chi connectivity index (χ4v) is 3.21. The molecule has 0 bridgehead atoms. The van der Waals surface area contributed by atoms with E-state index in [2.05, 4.69) is 9.47 Å². The van der Waals surface area contributed by atoms with E-state index in [9.17, 15) is 28.8 Å². The molecular weight excluding hydrogens is 436 g/mol. The minimum Gasteiger partial charge on any atom is -0.468 e. The second kappa shape index (κ2) is 12.0. The van der Waals surface area contributed by atoms with Crippen LogP contribution in [0.1, 0.15) is 27.7 Å². The van der Waals surface area contributed by atoms with E-state index in [1.54, 1.807) is 0 Å². The van der Waals surface area contributed by atoms with Crippen LogP contribution in [0.25, 0.3) is 0 Å². The quantitative estimate of drug-likeness (QED) is 0.252. The van der Waals surface area contributed by atoms with Crippen molar-refractivity contribution in [3.63, 3.8) is 0 Å². The van der Waals surface area contributed by atoms with E-state index in [4.69, 9.17) is 23.7 Å². The van der Waals surface area contributed by atoms with Crippen molar-refractivity contribution in [2.45, 2.75) is 52.3 Å². The van der Waals surface area contributed by atoms with E-state index in [-0.39, 0.29) is 0 Å². The van der Waals surface area contributed by atoms with Crippen LogP contribution in [0, 0.1) is 11.8 Å². The highest BCUT2D eigenvalue weighted by molar-refractivity contribution is 5.95. The van der Waals surface area contributed by atoms with Crippen molar-refractivity contribution in [1.82, 2.24) is 0 Å². The number of ether oxygens (including phenoxy) is 7. The summed E-state index contributed by atoms with van der Waals surface area (Å²) in [6.07, 6.45) is -5.97. The number of carbonyl (C=O) groups excluding carboxylic acids is 6. The van der Waals surface area contributed by atoms with E-state index in [1.165, 1.54) is 0 Å². The van der Waals surface area contributed by atoms with Crippen LogP contribution in [0.4, 0.5) is 0 Å². The standard InChI is InChI=1S/C19H26O13/c1-8(20)28-7-12-15(29-9(2)21)16(30-10(3)22)13(19(32-12)31-11(4)23)14(17(24)26-5)18(25)27-6/h12-16,19H,7H2,1-6H3/t12-,13+,15-,16-,19+/m1/s1. The molecule has 0 aromatic heterocycles. The summed E-state index contributed by atoms with van der Waals surface area (Å²) in [4.78, 5) is 71.5. The monoisotopic (exact) mass is 462 g/mol. The van der Waals surface area contributed by atoms with E-state index in [1.807, 2.05) is 0 Å². The van der Waals surface area contributed by atoms with Gasteiger partial charge in [-0.25, -0.2) is 0 Å². The molecule has 1 fully saturated rings. The summed E-state index contributed by atoms with van der Waals surface area (Å²) in [6, 6.07) is 0. The lowest BCUT2D eigenvalue weighted by Gasteiger charge is -2.45. The minimum atomic E-state index is -1.80. The van der Waals surface area contributed by atoms with Crippen LogP contribution in [-0.2, 0) is 61.9 Å². The van der Waals surface area contributed by atoms with Gasteiger partial charge in [0.1, 0.15) is 12.7 Å². The Morgan fingerprint density at radius 2 is 1.19 bits per heavy atom. The lowest BCUT2D eigenvalue weighted by Crippen LogP contribution is -2.63. The maximum atomic E-state index is 12.5. The number of rotatable bonds is 8. The van der Waals surface area contributed by atoms with Gasteiger partial charge in [-0.3, -0.25) is 28.8 Å². The van der Waals surface area contributed by atoms with Crippen LogP contribution in [0.5, 0.6) is 0 Å². The molecule has 0 amide bonds. The molecule has 0 aliphatic carbocycles. The number of methoxy groups -OCH3 is 2. The van der Waals surface area contributed by atoms with Crippen LogP contribution in [0.2, 0.25) is 0 Å². The maximum absolute atomic E-state index is 12.5. The average Bonchev–Trinajstić information content (AvgIpc) is 2.68. The van der Waals surface area contributed by atoms with Crippen molar-refractivity contribution in [2.75, 3.05) is 20.8 Å². The fraction of sp³-hybridized carbons (Fsp3) is 0.684. The predicted octanol–water partition coefficient (Wildman–Crippen LogP) is -0.721. The molecule has 0 unspecified atom stereocenters. The topological polar surface area (TPSA) is 167 Å². The van der Waals surface area contributed by atoms with Crippen molar-refractivity contribution in [2.24, 2.45) is 11.8 Å². The van der Waals surface area contributed by atoms with Crippen molar-refractivity contribution in [1.29, 1.82) is 0 Å². The van der Waals surface area contributed by atoms with Gasteiger partial charge in [-0.15, -0.1) is 0 Å². The molecule has 13 heteroatoms. The molecule has 180 valence electrons. The van der Waals surface area contributed by atoms with Crippen molar-refractivity contribution in [3.05, 3.63) is 0 Å². The SMILES string of the molecule is COC(=O)C(C(=O)OC)[C@@H]1[C@@H](OC(C)=O)O[C@H](COC(C)=O)[C@@H](OC(C)=O)[C@@H]1OC(C)=O. The Balaban J connectivity index is 3.64. The third-order valence-corrected chi connectivity index (χ3v) is 4.32. The van der Waals surface area contributed by atoms with E-state index in [0.717, 1.165) is 41.9 Å². The summed E-state index contributed by atoms with van der Waals surface area (Å²) in [5.74, 6) is -8.84. The number of hydrogen-bond donors (Lipinski definition) is 0. The first-order valence-electron chi connectivity index (χ1n) is 9.39. The number of carbonyl (C=O) groups is 6. The Hall–Kier alpha value is -3.22. The Morgan fingerprint density at radius 3 is 1.59 bits per heavy atom. The first-order valence-corrected chi connectivity index (χ1v) is 9.39. The number of esters is 6. The smallest absolute Gasteiger partial charge is 0.320 e. The zero-order valence-corrected chi connectivity index (χ0v) is 18.5. The average molecular weight is 462 g/mol. The van der Waals surface area contributed by atoms with Gasteiger partial charge in [0, 0.05) is 27.7 Å². The molecule has 1 aliphatic rings. The molecule has 1 aliphatic heterocycles. The molecule has 1 heterocycles. The summed E-state index contributed by atoms with van der Waals surface area (Å²) in [6.45, 7) is 3.75. The van der Waals surface area contributed by atoms with Crippen molar-refractivity contribution in [3.8, 4) is 0 Å². The highest BCUT2D eigenvalue weighted by atomic mass is 16.7. The summed E-state index contributed by atoms with van der Waals surface area (Å²) < 4.78 is 35.5. The fourth-order valence-electron chi connectivity index (χ4n) is 3.21. The molecule has 0 aromatic rings. The van der Waals surface area contributed by atoms with Gasteiger partial charge >= 0.3 is 35.8 Å². The van der Waals surface area contributed by atoms with E-state index in [0.29, 0.717) is 0 Å². The maximum Gasteiger partial charge on any atom is 0.320 e. The van der Waals surface area contributed by atoms with E-state index >= 15 is 0 Å². The molecule has 1 rings (SSSR count). The Labute approximate surface area is 183 Å². The van der Waals surface area contributed by atoms with Crippen LogP contribution in [-0.4, -0.2) is 81.2 Å². The summed E-state index contributed by atoms with van der Waals surface area (Å²) in [7, 11) is 1.99. The molecular formula is C19H26O13. The van der Waals surface area contributed by atoms with Crippen molar-refractivity contribution >= 4 is 35.8 Å². The minimum absolute atomic E-state index is 0.489.